The average molecular weight is 383 g/mol. The largest absolute Gasteiger partial charge is 0.496 e. The van der Waals surface area contributed by atoms with E-state index in [1.165, 1.54) is 16.7 Å². The number of carbonyl (C=O) groups is 1. The average Bonchev–Trinajstić information content (AvgIpc) is 2.72. The molecule has 1 aliphatic rings. The molecule has 3 rings (SSSR count). The second-order valence-corrected chi connectivity index (χ2v) is 7.20. The Kier molecular flexibility index (Phi) is 6.52. The van der Waals surface area contributed by atoms with Gasteiger partial charge in [-0.05, 0) is 55.7 Å². The number of anilines is 1. The van der Waals surface area contributed by atoms with Gasteiger partial charge in [-0.3, -0.25) is 9.69 Å². The van der Waals surface area contributed by atoms with E-state index in [4.69, 9.17) is 4.74 Å². The van der Waals surface area contributed by atoms with Gasteiger partial charge in [-0.15, -0.1) is 0 Å². The molecule has 1 N–H and O–H groups in total. The van der Waals surface area contributed by atoms with E-state index >= 15 is 0 Å². The summed E-state index contributed by atoms with van der Waals surface area (Å²) >= 11 is 0. The van der Waals surface area contributed by atoms with Gasteiger partial charge < -0.3 is 15.0 Å². The van der Waals surface area contributed by atoms with Gasteiger partial charge in [0.25, 0.3) is 5.91 Å². The first-order chi connectivity index (χ1) is 13.5. The zero-order valence-corrected chi connectivity index (χ0v) is 17.3. The molecule has 0 bridgehead atoms. The summed E-state index contributed by atoms with van der Waals surface area (Å²) in [5.41, 5.74) is 4.49. The fourth-order valence-corrected chi connectivity index (χ4v) is 3.59. The molecule has 1 aliphatic heterocycles. The second kappa shape index (κ2) is 9.06. The molecule has 6 heteroatoms. The van der Waals surface area contributed by atoms with E-state index < -0.39 is 0 Å². The Labute approximate surface area is 167 Å². The van der Waals surface area contributed by atoms with Gasteiger partial charge in [0.2, 0.25) is 0 Å². The van der Waals surface area contributed by atoms with Crippen molar-refractivity contribution in [2.24, 2.45) is 0 Å². The minimum atomic E-state index is -0.0727. The lowest BCUT2D eigenvalue weighted by atomic mass is 10.0. The van der Waals surface area contributed by atoms with Crippen molar-refractivity contribution in [1.29, 1.82) is 0 Å². The summed E-state index contributed by atoms with van der Waals surface area (Å²) in [5, 5.41) is 2.80. The van der Waals surface area contributed by atoms with Crippen molar-refractivity contribution in [3.63, 3.8) is 0 Å². The molecule has 0 aliphatic carbocycles. The third kappa shape index (κ3) is 4.44. The van der Waals surface area contributed by atoms with Crippen LogP contribution in [0, 0.1) is 13.8 Å². The van der Waals surface area contributed by atoms with Crippen LogP contribution >= 0.6 is 0 Å². The molecule has 0 saturated carbocycles. The molecule has 0 unspecified atom stereocenters. The van der Waals surface area contributed by atoms with Gasteiger partial charge in [-0.1, -0.05) is 6.07 Å². The van der Waals surface area contributed by atoms with Crippen molar-refractivity contribution in [1.82, 2.24) is 15.2 Å². The predicted molar refractivity (Wildman–Crippen MR) is 112 cm³/mol. The third-order valence-electron chi connectivity index (χ3n) is 5.51. The number of nitrogens with one attached hydrogen (secondary N) is 1. The molecule has 1 aromatic heterocycles. The van der Waals surface area contributed by atoms with Crippen LogP contribution in [-0.4, -0.2) is 55.6 Å². The summed E-state index contributed by atoms with van der Waals surface area (Å²) in [5.74, 6) is 1.81. The summed E-state index contributed by atoms with van der Waals surface area (Å²) in [6.07, 6.45) is 1.66. The highest BCUT2D eigenvalue weighted by atomic mass is 16.5. The molecular weight excluding hydrogens is 352 g/mol. The lowest BCUT2D eigenvalue weighted by Crippen LogP contribution is -2.46. The van der Waals surface area contributed by atoms with Crippen LogP contribution < -0.4 is 15.0 Å². The summed E-state index contributed by atoms with van der Waals surface area (Å²) in [4.78, 5) is 21.1. The summed E-state index contributed by atoms with van der Waals surface area (Å²) in [6, 6.07) is 8.03. The Morgan fingerprint density at radius 2 is 1.86 bits per heavy atom. The topological polar surface area (TPSA) is 57.7 Å². The minimum absolute atomic E-state index is 0.0727. The number of nitrogens with zero attached hydrogens (tertiary/aromatic N) is 3. The molecule has 0 radical (unpaired) electrons. The Bertz CT molecular complexity index is 812. The predicted octanol–water partition coefficient (Wildman–Crippen LogP) is 2.78. The van der Waals surface area contributed by atoms with Crippen LogP contribution in [0.2, 0.25) is 0 Å². The van der Waals surface area contributed by atoms with Gasteiger partial charge in [0.15, 0.2) is 0 Å². The first kappa shape index (κ1) is 20.1. The van der Waals surface area contributed by atoms with Gasteiger partial charge in [-0.25, -0.2) is 4.98 Å². The van der Waals surface area contributed by atoms with Crippen LogP contribution in [0.25, 0.3) is 0 Å². The quantitative estimate of drug-likeness (QED) is 0.833. The van der Waals surface area contributed by atoms with Gasteiger partial charge in [-0.2, -0.15) is 0 Å². The van der Waals surface area contributed by atoms with E-state index in [0.29, 0.717) is 12.1 Å². The molecule has 28 heavy (non-hydrogen) atoms. The zero-order valence-electron chi connectivity index (χ0n) is 17.3. The van der Waals surface area contributed by atoms with E-state index in [-0.39, 0.29) is 5.91 Å². The fraction of sp³-hybridized carbons (Fsp3) is 0.455. The standard InChI is InChI=1S/C22H30N4O2/c1-5-23-22(27)18-7-9-21(24-14-18)26-12-10-25(11-13-26)15-19-6-8-20(28-4)17(3)16(19)2/h6-9,14H,5,10-13,15H2,1-4H3,(H,23,27). The van der Waals surface area contributed by atoms with E-state index in [1.54, 1.807) is 13.3 Å². The molecule has 1 aromatic carbocycles. The number of rotatable bonds is 6. The molecule has 2 heterocycles. The maximum absolute atomic E-state index is 11.9. The Morgan fingerprint density at radius 3 is 2.46 bits per heavy atom. The first-order valence-electron chi connectivity index (χ1n) is 9.88. The summed E-state index contributed by atoms with van der Waals surface area (Å²) in [6.45, 7) is 11.6. The zero-order chi connectivity index (χ0) is 20.1. The van der Waals surface area contributed by atoms with Crippen molar-refractivity contribution in [3.8, 4) is 5.75 Å². The number of amides is 1. The number of hydrogen-bond donors (Lipinski definition) is 1. The normalized spacial score (nSPS) is 14.8. The maximum Gasteiger partial charge on any atom is 0.252 e. The van der Waals surface area contributed by atoms with E-state index in [9.17, 15) is 4.79 Å². The molecule has 6 nitrogen and oxygen atoms in total. The van der Waals surface area contributed by atoms with E-state index in [2.05, 4.69) is 46.1 Å². The van der Waals surface area contributed by atoms with Crippen molar-refractivity contribution < 1.29 is 9.53 Å². The second-order valence-electron chi connectivity index (χ2n) is 7.20. The highest BCUT2D eigenvalue weighted by Crippen LogP contribution is 2.25. The lowest BCUT2D eigenvalue weighted by Gasteiger charge is -2.35. The van der Waals surface area contributed by atoms with Gasteiger partial charge >= 0.3 is 0 Å². The summed E-state index contributed by atoms with van der Waals surface area (Å²) in [7, 11) is 1.72. The lowest BCUT2D eigenvalue weighted by molar-refractivity contribution is 0.0955. The maximum atomic E-state index is 11.9. The molecule has 0 atom stereocenters. The van der Waals surface area contributed by atoms with Crippen LogP contribution in [0.15, 0.2) is 30.5 Å². The van der Waals surface area contributed by atoms with Crippen LogP contribution in [-0.2, 0) is 6.54 Å². The molecule has 150 valence electrons. The van der Waals surface area contributed by atoms with Crippen molar-refractivity contribution in [3.05, 3.63) is 52.7 Å². The fourth-order valence-electron chi connectivity index (χ4n) is 3.59. The van der Waals surface area contributed by atoms with Crippen molar-refractivity contribution in [2.45, 2.75) is 27.3 Å². The number of carbonyl (C=O) groups excluding carboxylic acids is 1. The molecule has 2 aromatic rings. The Balaban J connectivity index is 1.57. The molecule has 1 saturated heterocycles. The smallest absolute Gasteiger partial charge is 0.252 e. The number of hydrogen-bond acceptors (Lipinski definition) is 5. The first-order valence-corrected chi connectivity index (χ1v) is 9.88. The van der Waals surface area contributed by atoms with E-state index in [1.807, 2.05) is 19.1 Å². The SMILES string of the molecule is CCNC(=O)c1ccc(N2CCN(Cc3ccc(OC)c(C)c3C)CC2)nc1. The van der Waals surface area contributed by atoms with E-state index in [0.717, 1.165) is 44.3 Å². The number of aromatic nitrogens is 1. The number of pyridine rings is 1. The Hall–Kier alpha value is -2.60. The van der Waals surface area contributed by atoms with Crippen molar-refractivity contribution >= 4 is 11.7 Å². The number of benzene rings is 1. The number of ether oxygens (including phenoxy) is 1. The highest BCUT2D eigenvalue weighted by Gasteiger charge is 2.19. The van der Waals surface area contributed by atoms with Crippen LogP contribution in [0.1, 0.15) is 34.0 Å². The van der Waals surface area contributed by atoms with Gasteiger partial charge in [0, 0.05) is 45.5 Å². The van der Waals surface area contributed by atoms with Crippen LogP contribution in [0.5, 0.6) is 5.75 Å². The monoisotopic (exact) mass is 382 g/mol. The van der Waals surface area contributed by atoms with Gasteiger partial charge in [0.05, 0.1) is 12.7 Å². The van der Waals surface area contributed by atoms with Gasteiger partial charge in [0.1, 0.15) is 11.6 Å². The minimum Gasteiger partial charge on any atom is -0.496 e. The molecule has 1 amide bonds. The summed E-state index contributed by atoms with van der Waals surface area (Å²) < 4.78 is 5.42. The van der Waals surface area contributed by atoms with Crippen molar-refractivity contribution in [2.75, 3.05) is 44.7 Å². The number of methoxy groups -OCH3 is 1. The molecular formula is C22H30N4O2. The Morgan fingerprint density at radius 1 is 1.11 bits per heavy atom. The van der Waals surface area contributed by atoms with Crippen LogP contribution in [0.4, 0.5) is 5.82 Å². The number of piperazine rings is 1. The highest BCUT2D eigenvalue weighted by molar-refractivity contribution is 5.94. The molecule has 0 spiro atoms. The third-order valence-corrected chi connectivity index (χ3v) is 5.51. The molecule has 1 fully saturated rings. The van der Waals surface area contributed by atoms with Crippen LogP contribution in [0.3, 0.4) is 0 Å².